The lowest BCUT2D eigenvalue weighted by atomic mass is 10.0. The maximum atomic E-state index is 12.7. The van der Waals surface area contributed by atoms with E-state index in [4.69, 9.17) is 4.84 Å². The number of aromatic nitrogens is 1. The predicted molar refractivity (Wildman–Crippen MR) is 127 cm³/mol. The number of unbranched alkanes of at least 4 members (excludes halogenated alkanes) is 1. The zero-order valence-electron chi connectivity index (χ0n) is 19.6. The molecule has 3 amide bonds. The number of hydroxylamine groups is 2. The van der Waals surface area contributed by atoms with E-state index in [-0.39, 0.29) is 11.8 Å². The molecule has 0 radical (unpaired) electrons. The molecule has 9 heteroatoms. The van der Waals surface area contributed by atoms with Crippen molar-refractivity contribution in [2.75, 3.05) is 25.0 Å². The van der Waals surface area contributed by atoms with Crippen molar-refractivity contribution in [1.29, 1.82) is 0 Å². The van der Waals surface area contributed by atoms with Crippen LogP contribution in [0.4, 0.5) is 10.2 Å². The molecule has 1 aliphatic rings. The molecule has 0 aliphatic carbocycles. The van der Waals surface area contributed by atoms with Crippen LogP contribution in [-0.4, -0.2) is 53.3 Å². The van der Waals surface area contributed by atoms with E-state index < -0.39 is 5.82 Å². The zero-order chi connectivity index (χ0) is 24.6. The molecule has 0 bridgehead atoms. The average molecular weight is 473 g/mol. The molecule has 1 unspecified atom stereocenters. The lowest BCUT2D eigenvalue weighted by molar-refractivity contribution is -0.183. The monoisotopic (exact) mass is 472 g/mol. The van der Waals surface area contributed by atoms with Gasteiger partial charge in [0.1, 0.15) is 18.2 Å². The molecule has 0 spiro atoms. The number of anilines is 1. The minimum absolute atomic E-state index is 0.163. The molecule has 34 heavy (non-hydrogen) atoms. The van der Waals surface area contributed by atoms with E-state index in [1.54, 1.807) is 0 Å². The van der Waals surface area contributed by atoms with Gasteiger partial charge in [-0.15, -0.1) is 0 Å². The standard InChI is InChI=1S/C19H28N2O3.C6H5FN2O/c1-2-3-11-18(19(23)20-12-7-8-13-20)14-21(16-22)24-15-17-9-5-4-6-10-17;7-5-1-2-6(8-3-5)9-4-10/h4-6,9-10,16,18H,2-3,7-8,11-15H2,1H3;1-4H,(H,8,9,10). The van der Waals surface area contributed by atoms with Crippen molar-refractivity contribution in [3.63, 3.8) is 0 Å². The number of pyridine rings is 1. The first-order valence-electron chi connectivity index (χ1n) is 11.6. The van der Waals surface area contributed by atoms with Gasteiger partial charge in [-0.05, 0) is 37.0 Å². The van der Waals surface area contributed by atoms with Crippen molar-refractivity contribution in [2.24, 2.45) is 5.92 Å². The number of benzene rings is 1. The van der Waals surface area contributed by atoms with Crippen molar-refractivity contribution in [1.82, 2.24) is 14.9 Å². The summed E-state index contributed by atoms with van der Waals surface area (Å²) < 4.78 is 12.1. The number of carbonyl (C=O) groups is 3. The summed E-state index contributed by atoms with van der Waals surface area (Å²) in [7, 11) is 0. The highest BCUT2D eigenvalue weighted by Gasteiger charge is 2.27. The van der Waals surface area contributed by atoms with E-state index in [2.05, 4.69) is 17.2 Å². The molecule has 1 aromatic heterocycles. The fraction of sp³-hybridized carbons (Fsp3) is 0.440. The molecule has 8 nitrogen and oxygen atoms in total. The third-order valence-electron chi connectivity index (χ3n) is 5.37. The highest BCUT2D eigenvalue weighted by Crippen LogP contribution is 2.18. The molecule has 1 fully saturated rings. The molecule has 2 aromatic rings. The van der Waals surface area contributed by atoms with Crippen molar-refractivity contribution < 1.29 is 23.6 Å². The Balaban J connectivity index is 0.000000340. The summed E-state index contributed by atoms with van der Waals surface area (Å²) in [5.74, 6) is -0.0898. The van der Waals surface area contributed by atoms with Crippen LogP contribution in [0.5, 0.6) is 0 Å². The van der Waals surface area contributed by atoms with Crippen LogP contribution in [0.3, 0.4) is 0 Å². The second-order valence-corrected chi connectivity index (χ2v) is 7.96. The van der Waals surface area contributed by atoms with E-state index in [9.17, 15) is 18.8 Å². The van der Waals surface area contributed by atoms with Crippen LogP contribution >= 0.6 is 0 Å². The van der Waals surface area contributed by atoms with Gasteiger partial charge >= 0.3 is 0 Å². The van der Waals surface area contributed by atoms with Crippen molar-refractivity contribution in [3.05, 3.63) is 60.0 Å². The van der Waals surface area contributed by atoms with Crippen LogP contribution in [0.1, 0.15) is 44.6 Å². The Kier molecular flexibility index (Phi) is 12.3. The van der Waals surface area contributed by atoms with Gasteiger partial charge in [0.05, 0.1) is 18.7 Å². The van der Waals surface area contributed by atoms with Crippen LogP contribution in [0.2, 0.25) is 0 Å². The summed E-state index contributed by atoms with van der Waals surface area (Å²) in [5.41, 5.74) is 1.00. The number of hydrogen-bond donors (Lipinski definition) is 1. The number of nitrogens with one attached hydrogen (secondary N) is 1. The quantitative estimate of drug-likeness (QED) is 0.375. The number of halogens is 1. The second-order valence-electron chi connectivity index (χ2n) is 7.96. The van der Waals surface area contributed by atoms with Crippen LogP contribution in [0.15, 0.2) is 48.7 Å². The molecule has 1 atom stereocenters. The Hall–Kier alpha value is -3.33. The first-order chi connectivity index (χ1) is 16.6. The lowest BCUT2D eigenvalue weighted by Gasteiger charge is -2.26. The van der Waals surface area contributed by atoms with Gasteiger partial charge in [-0.3, -0.25) is 19.2 Å². The Bertz CT molecular complexity index is 861. The van der Waals surface area contributed by atoms with Crippen molar-refractivity contribution in [3.8, 4) is 0 Å². The largest absolute Gasteiger partial charge is 0.342 e. The fourth-order valence-corrected chi connectivity index (χ4v) is 3.54. The SMILES string of the molecule is CCCCC(CN(C=O)OCc1ccccc1)C(=O)N1CCCC1.O=CNc1ccc(F)cn1. The molecule has 1 aromatic carbocycles. The number of amides is 3. The van der Waals surface area contributed by atoms with Gasteiger partial charge in [-0.2, -0.15) is 0 Å². The molecule has 2 heterocycles. The van der Waals surface area contributed by atoms with Crippen LogP contribution < -0.4 is 5.32 Å². The summed E-state index contributed by atoms with van der Waals surface area (Å²) in [4.78, 5) is 45.0. The maximum Gasteiger partial charge on any atom is 0.233 e. The summed E-state index contributed by atoms with van der Waals surface area (Å²) in [6.07, 6.45) is 7.17. The van der Waals surface area contributed by atoms with Gasteiger partial charge in [0.15, 0.2) is 0 Å². The van der Waals surface area contributed by atoms with E-state index >= 15 is 0 Å². The Labute approximate surface area is 200 Å². The zero-order valence-corrected chi connectivity index (χ0v) is 19.6. The third-order valence-corrected chi connectivity index (χ3v) is 5.37. The van der Waals surface area contributed by atoms with Gasteiger partial charge in [-0.25, -0.2) is 14.4 Å². The first kappa shape index (κ1) is 26.9. The maximum absolute atomic E-state index is 12.7. The first-order valence-corrected chi connectivity index (χ1v) is 11.6. The molecular formula is C25H33FN4O4. The Morgan fingerprint density at radius 1 is 1.21 bits per heavy atom. The Morgan fingerprint density at radius 3 is 2.53 bits per heavy atom. The van der Waals surface area contributed by atoms with Crippen LogP contribution in [0.25, 0.3) is 0 Å². The summed E-state index contributed by atoms with van der Waals surface area (Å²) in [6, 6.07) is 12.3. The van der Waals surface area contributed by atoms with Gasteiger partial charge in [0.25, 0.3) is 0 Å². The van der Waals surface area contributed by atoms with E-state index in [1.165, 1.54) is 17.2 Å². The average Bonchev–Trinajstić information content (AvgIpc) is 3.41. The van der Waals surface area contributed by atoms with Gasteiger partial charge in [0, 0.05) is 13.1 Å². The summed E-state index contributed by atoms with van der Waals surface area (Å²) >= 11 is 0. The highest BCUT2D eigenvalue weighted by atomic mass is 19.1. The minimum atomic E-state index is -0.420. The van der Waals surface area contributed by atoms with Gasteiger partial charge in [-0.1, -0.05) is 50.1 Å². The minimum Gasteiger partial charge on any atom is -0.342 e. The molecule has 1 N–H and O–H groups in total. The number of likely N-dealkylation sites (tertiary alicyclic amines) is 1. The number of rotatable bonds is 12. The van der Waals surface area contributed by atoms with Crippen LogP contribution in [-0.2, 0) is 25.8 Å². The van der Waals surface area contributed by atoms with E-state index in [1.807, 2.05) is 35.2 Å². The van der Waals surface area contributed by atoms with Crippen molar-refractivity contribution in [2.45, 2.75) is 45.6 Å². The lowest BCUT2D eigenvalue weighted by Crippen LogP contribution is -2.40. The Morgan fingerprint density at radius 2 is 1.94 bits per heavy atom. The molecule has 3 rings (SSSR count). The van der Waals surface area contributed by atoms with Gasteiger partial charge < -0.3 is 10.2 Å². The fourth-order valence-electron chi connectivity index (χ4n) is 3.54. The third kappa shape index (κ3) is 9.66. The number of hydrogen-bond acceptors (Lipinski definition) is 5. The van der Waals surface area contributed by atoms with E-state index in [0.29, 0.717) is 31.8 Å². The molecule has 1 saturated heterocycles. The normalized spacial score (nSPS) is 13.4. The summed E-state index contributed by atoms with van der Waals surface area (Å²) in [5, 5.41) is 3.56. The topological polar surface area (TPSA) is 91.8 Å². The van der Waals surface area contributed by atoms with Crippen LogP contribution in [0, 0.1) is 11.7 Å². The smallest absolute Gasteiger partial charge is 0.233 e. The molecular weight excluding hydrogens is 439 g/mol. The number of carbonyl (C=O) groups excluding carboxylic acids is 3. The molecule has 184 valence electrons. The highest BCUT2D eigenvalue weighted by molar-refractivity contribution is 5.79. The number of nitrogens with zero attached hydrogens (tertiary/aromatic N) is 3. The van der Waals surface area contributed by atoms with Crippen molar-refractivity contribution >= 4 is 24.5 Å². The molecule has 1 aliphatic heterocycles. The second kappa shape index (κ2) is 15.5. The van der Waals surface area contributed by atoms with Gasteiger partial charge in [0.2, 0.25) is 18.7 Å². The molecule has 0 saturated carbocycles. The van der Waals surface area contributed by atoms with E-state index in [0.717, 1.165) is 57.0 Å². The predicted octanol–water partition coefficient (Wildman–Crippen LogP) is 3.79. The summed E-state index contributed by atoms with van der Waals surface area (Å²) in [6.45, 7) is 4.45.